The van der Waals surface area contributed by atoms with Crippen LogP contribution in [0.1, 0.15) is 0 Å². The van der Waals surface area contributed by atoms with Crippen LogP contribution >= 0.6 is 0 Å². The lowest BCUT2D eigenvalue weighted by Gasteiger charge is -2.19. The molecule has 0 aliphatic rings. The van der Waals surface area contributed by atoms with Crippen LogP contribution in [0.15, 0.2) is 103 Å². The summed E-state index contributed by atoms with van der Waals surface area (Å²) in [6.07, 6.45) is 1.98. The van der Waals surface area contributed by atoms with Crippen LogP contribution in [0.25, 0.3) is 43.8 Å². The van der Waals surface area contributed by atoms with Crippen molar-refractivity contribution in [2.45, 2.75) is 0 Å². The molecule has 0 saturated carbocycles. The van der Waals surface area contributed by atoms with Crippen LogP contribution in [0.2, 0.25) is 0 Å². The molecule has 0 radical (unpaired) electrons. The van der Waals surface area contributed by atoms with Gasteiger partial charge in [-0.3, -0.25) is 0 Å². The van der Waals surface area contributed by atoms with Crippen LogP contribution in [0, 0.1) is 0 Å². The van der Waals surface area contributed by atoms with E-state index >= 15 is 0 Å². The van der Waals surface area contributed by atoms with Gasteiger partial charge in [0.1, 0.15) is 19.4 Å². The van der Waals surface area contributed by atoms with Crippen molar-refractivity contribution in [3.05, 3.63) is 103 Å². The van der Waals surface area contributed by atoms with Gasteiger partial charge in [-0.1, -0.05) is 97.1 Å². The van der Waals surface area contributed by atoms with E-state index in [-0.39, 0.29) is 0 Å². The molecule has 5 aromatic rings. The fourth-order valence-electron chi connectivity index (χ4n) is 4.94. The van der Waals surface area contributed by atoms with Crippen molar-refractivity contribution in [3.63, 3.8) is 0 Å². The highest BCUT2D eigenvalue weighted by Gasteiger charge is 2.43. The van der Waals surface area contributed by atoms with Gasteiger partial charge in [0.05, 0.1) is 0 Å². The molecule has 5 rings (SSSR count). The lowest BCUT2D eigenvalue weighted by molar-refractivity contribution is 0.610. The molecule has 0 saturated heterocycles. The normalized spacial score (nSPS) is 12.2. The van der Waals surface area contributed by atoms with Crippen LogP contribution in [0.4, 0.5) is 0 Å². The van der Waals surface area contributed by atoms with Crippen LogP contribution in [0.5, 0.6) is 0 Å². The van der Waals surface area contributed by atoms with Crippen molar-refractivity contribution >= 4 is 51.7 Å². The van der Waals surface area contributed by atoms with Gasteiger partial charge in [-0.2, -0.15) is 0 Å². The summed E-state index contributed by atoms with van der Waals surface area (Å²) in [4.78, 5) is 0. The summed E-state index contributed by atoms with van der Waals surface area (Å²) in [6.45, 7) is 0. The van der Waals surface area contributed by atoms with Gasteiger partial charge >= 0.3 is 5.27 Å². The Morgan fingerprint density at radius 1 is 0.486 bits per heavy atom. The van der Waals surface area contributed by atoms with Gasteiger partial charge in [-0.25, -0.2) is 16.8 Å². The predicted octanol–water partition coefficient (Wildman–Crippen LogP) is 5.11. The minimum absolute atomic E-state index is 0.304. The molecule has 0 aliphatic heterocycles. The molecule has 0 spiro atoms. The molecular formula is C28H23BO4S2. The second kappa shape index (κ2) is 8.66. The minimum atomic E-state index is -4.00. The molecule has 0 aromatic heterocycles. The van der Waals surface area contributed by atoms with Crippen LogP contribution in [0.3, 0.4) is 0 Å². The molecule has 0 heterocycles. The minimum Gasteiger partial charge on any atom is -0.239 e. The molecule has 0 unspecified atom stereocenters. The number of hydrogen-bond donors (Lipinski definition) is 0. The van der Waals surface area contributed by atoms with Crippen molar-refractivity contribution in [1.29, 1.82) is 0 Å². The van der Waals surface area contributed by atoms with E-state index in [1.54, 1.807) is 0 Å². The molecular weight excluding hydrogens is 475 g/mol. The summed E-state index contributed by atoms with van der Waals surface area (Å²) in [6, 6.07) is 33.0. The number of benzene rings is 5. The highest BCUT2D eigenvalue weighted by Crippen LogP contribution is 2.36. The average molecular weight is 498 g/mol. The zero-order valence-corrected chi connectivity index (χ0v) is 21.0. The van der Waals surface area contributed by atoms with Crippen molar-refractivity contribution in [1.82, 2.24) is 0 Å². The molecule has 35 heavy (non-hydrogen) atoms. The molecule has 0 bridgehead atoms. The monoisotopic (exact) mass is 498 g/mol. The summed E-state index contributed by atoms with van der Waals surface area (Å²) in [5.74, 6) is 0. The fourth-order valence-corrected chi connectivity index (χ4v) is 8.84. The van der Waals surface area contributed by atoms with E-state index in [2.05, 4.69) is 6.07 Å². The largest absolute Gasteiger partial charge is 0.463 e. The Morgan fingerprint density at radius 2 is 0.886 bits per heavy atom. The van der Waals surface area contributed by atoms with Gasteiger partial charge in [0.15, 0.2) is 0 Å². The van der Waals surface area contributed by atoms with Gasteiger partial charge in [-0.05, 0) is 55.3 Å². The Kier molecular flexibility index (Phi) is 5.78. The fraction of sp³-hybridized carbons (Fsp3) is 0.0714. The van der Waals surface area contributed by atoms with Crippen molar-refractivity contribution < 1.29 is 16.8 Å². The second-order valence-corrected chi connectivity index (χ2v) is 13.4. The van der Waals surface area contributed by atoms with E-state index in [1.807, 2.05) is 97.1 Å². The molecule has 0 amide bonds. The predicted molar refractivity (Wildman–Crippen MR) is 147 cm³/mol. The maximum absolute atomic E-state index is 13.0. The zero-order chi connectivity index (χ0) is 24.8. The van der Waals surface area contributed by atoms with Gasteiger partial charge in [-0.15, -0.1) is 0 Å². The lowest BCUT2D eigenvalue weighted by Crippen LogP contribution is -2.46. The highest BCUT2D eigenvalue weighted by atomic mass is 32.3. The third-order valence-electron chi connectivity index (χ3n) is 6.26. The smallest absolute Gasteiger partial charge is 0.239 e. The first kappa shape index (κ1) is 23.3. The van der Waals surface area contributed by atoms with E-state index in [0.29, 0.717) is 16.2 Å². The SMILES string of the molecule is CS(=O)(=O)B(c1c2cccc(-c3ccccc3)c2cc2c(-c3ccccc3)cccc12)S(C)(=O)=O. The van der Waals surface area contributed by atoms with E-state index in [0.717, 1.165) is 45.5 Å². The van der Waals surface area contributed by atoms with Crippen molar-refractivity contribution in [3.8, 4) is 22.3 Å². The molecule has 0 N–H and O–H groups in total. The second-order valence-electron chi connectivity index (χ2n) is 8.81. The lowest BCUT2D eigenvalue weighted by atomic mass is 9.79. The van der Waals surface area contributed by atoms with Gasteiger partial charge in [0.25, 0.3) is 0 Å². The van der Waals surface area contributed by atoms with E-state index in [9.17, 15) is 16.8 Å². The van der Waals surface area contributed by atoms with Crippen molar-refractivity contribution in [2.24, 2.45) is 0 Å². The van der Waals surface area contributed by atoms with Gasteiger partial charge in [0, 0.05) is 12.5 Å². The molecule has 4 nitrogen and oxygen atoms in total. The highest BCUT2D eigenvalue weighted by molar-refractivity contribution is 8.48. The number of fused-ring (bicyclic) bond motifs is 2. The first-order valence-corrected chi connectivity index (χ1v) is 15.0. The number of rotatable bonds is 5. The maximum Gasteiger partial charge on any atom is 0.463 e. The van der Waals surface area contributed by atoms with E-state index in [4.69, 9.17) is 0 Å². The third-order valence-corrected chi connectivity index (χ3v) is 10.4. The third kappa shape index (κ3) is 4.26. The molecule has 174 valence electrons. The summed E-state index contributed by atoms with van der Waals surface area (Å²) in [7, 11) is -8.00. The van der Waals surface area contributed by atoms with Gasteiger partial charge in [0.2, 0.25) is 0 Å². The first-order chi connectivity index (χ1) is 16.7. The van der Waals surface area contributed by atoms with Gasteiger partial charge < -0.3 is 0 Å². The Hall–Kier alpha value is -3.42. The molecule has 5 aromatic carbocycles. The van der Waals surface area contributed by atoms with Crippen LogP contribution < -0.4 is 5.46 Å². The first-order valence-electron chi connectivity index (χ1n) is 11.1. The van der Waals surface area contributed by atoms with E-state index < -0.39 is 24.6 Å². The Bertz CT molecular complexity index is 1650. The Balaban J connectivity index is 2.03. The van der Waals surface area contributed by atoms with Crippen molar-refractivity contribution in [2.75, 3.05) is 12.5 Å². The Labute approximate surface area is 206 Å². The molecule has 7 heteroatoms. The summed E-state index contributed by atoms with van der Waals surface area (Å²) in [5.41, 5.74) is 4.06. The molecule has 0 atom stereocenters. The maximum atomic E-state index is 13.0. The molecule has 0 aliphatic carbocycles. The summed E-state index contributed by atoms with van der Waals surface area (Å²) in [5, 5.41) is 1.16. The summed E-state index contributed by atoms with van der Waals surface area (Å²) < 4.78 is 52.0. The molecule has 0 fully saturated rings. The zero-order valence-electron chi connectivity index (χ0n) is 19.3. The summed E-state index contributed by atoms with van der Waals surface area (Å²) >= 11 is 0. The van der Waals surface area contributed by atoms with Crippen LogP contribution in [-0.4, -0.2) is 34.6 Å². The quantitative estimate of drug-likeness (QED) is 0.250. The topological polar surface area (TPSA) is 68.3 Å². The van der Waals surface area contributed by atoms with Crippen LogP contribution in [-0.2, 0) is 19.4 Å². The average Bonchev–Trinajstić information content (AvgIpc) is 2.82. The number of hydrogen-bond acceptors (Lipinski definition) is 4. The standard InChI is InChI=1S/C28H23BO4S2/c1-34(30,31)29(35(2,32)33)28-24-17-9-15-22(20-11-5-3-6-12-20)26(24)19-27-23(16-10-18-25(27)28)21-13-7-4-8-14-21/h3-19H,1-2H3. The Morgan fingerprint density at radius 3 is 1.26 bits per heavy atom. The van der Waals surface area contributed by atoms with E-state index in [1.165, 1.54) is 0 Å².